The Balaban J connectivity index is 2.21. The van der Waals surface area contributed by atoms with Gasteiger partial charge in [-0.2, -0.15) is 0 Å². The molecule has 0 unspecified atom stereocenters. The zero-order valence-electron chi connectivity index (χ0n) is 11.0. The van der Waals surface area contributed by atoms with Crippen LogP contribution in [0.25, 0.3) is 0 Å². The van der Waals surface area contributed by atoms with Crippen LogP contribution in [0.3, 0.4) is 0 Å². The van der Waals surface area contributed by atoms with Crippen molar-refractivity contribution in [2.75, 3.05) is 13.2 Å². The van der Waals surface area contributed by atoms with Gasteiger partial charge in [-0.1, -0.05) is 11.6 Å². The predicted octanol–water partition coefficient (Wildman–Crippen LogP) is 3.08. The summed E-state index contributed by atoms with van der Waals surface area (Å²) in [7, 11) is 0. The van der Waals surface area contributed by atoms with E-state index >= 15 is 0 Å². The fraction of sp³-hybridized carbons (Fsp3) is 0.500. The maximum absolute atomic E-state index is 11.5. The Labute approximate surface area is 120 Å². The molecule has 0 atom stereocenters. The van der Waals surface area contributed by atoms with Gasteiger partial charge in [-0.15, -0.1) is 11.3 Å². The van der Waals surface area contributed by atoms with Gasteiger partial charge in [-0.25, -0.2) is 9.59 Å². The molecule has 1 N–H and O–H groups in total. The molecule has 0 aliphatic heterocycles. The molecule has 0 saturated carbocycles. The number of hydrogen-bond acceptors (Lipinski definition) is 5. The van der Waals surface area contributed by atoms with Gasteiger partial charge >= 0.3 is 12.1 Å². The number of amides is 1. The number of esters is 1. The molecule has 19 heavy (non-hydrogen) atoms. The topological polar surface area (TPSA) is 64.6 Å². The lowest BCUT2D eigenvalue weighted by molar-refractivity contribution is 0.0436. The minimum atomic E-state index is -0.547. The van der Waals surface area contributed by atoms with E-state index in [1.54, 1.807) is 32.9 Å². The second-order valence-corrected chi connectivity index (χ2v) is 6.38. The van der Waals surface area contributed by atoms with Gasteiger partial charge in [0.05, 0.1) is 10.9 Å². The van der Waals surface area contributed by atoms with E-state index in [2.05, 4.69) is 5.32 Å². The highest BCUT2D eigenvalue weighted by Crippen LogP contribution is 2.21. The molecule has 0 fully saturated rings. The Morgan fingerprint density at radius 1 is 1.37 bits per heavy atom. The number of thiophene rings is 1. The summed E-state index contributed by atoms with van der Waals surface area (Å²) in [4.78, 5) is 23.2. The fourth-order valence-electron chi connectivity index (χ4n) is 1.11. The second-order valence-electron chi connectivity index (χ2n) is 4.67. The van der Waals surface area contributed by atoms with Gasteiger partial charge in [-0.05, 0) is 32.9 Å². The first-order valence-corrected chi connectivity index (χ1v) is 6.87. The van der Waals surface area contributed by atoms with Gasteiger partial charge in [0.15, 0.2) is 0 Å². The van der Waals surface area contributed by atoms with E-state index in [0.717, 1.165) is 11.3 Å². The molecule has 1 aromatic rings. The number of carbonyl (C=O) groups excluding carboxylic acids is 2. The van der Waals surface area contributed by atoms with Crippen molar-refractivity contribution in [2.24, 2.45) is 0 Å². The van der Waals surface area contributed by atoms with Crippen molar-refractivity contribution in [1.82, 2.24) is 5.32 Å². The first-order chi connectivity index (χ1) is 8.78. The summed E-state index contributed by atoms with van der Waals surface area (Å²) in [5.41, 5.74) is -0.547. The van der Waals surface area contributed by atoms with Gasteiger partial charge in [0.25, 0.3) is 0 Å². The molecule has 0 spiro atoms. The molecule has 0 aliphatic carbocycles. The van der Waals surface area contributed by atoms with Crippen LogP contribution in [0.5, 0.6) is 0 Å². The average molecular weight is 306 g/mol. The van der Waals surface area contributed by atoms with E-state index in [9.17, 15) is 9.59 Å². The average Bonchev–Trinajstić information content (AvgIpc) is 2.68. The Hall–Kier alpha value is -1.27. The van der Waals surface area contributed by atoms with E-state index < -0.39 is 17.7 Å². The molecule has 7 heteroatoms. The lowest BCUT2D eigenvalue weighted by Crippen LogP contribution is -2.34. The molecule has 1 amide bonds. The SMILES string of the molecule is CC(C)(C)OC(=O)NCCOC(=O)c1ccc(Cl)s1. The molecular weight excluding hydrogens is 290 g/mol. The summed E-state index contributed by atoms with van der Waals surface area (Å²) in [5.74, 6) is -0.456. The smallest absolute Gasteiger partial charge is 0.407 e. The molecular formula is C12H16ClNO4S. The van der Waals surface area contributed by atoms with Gasteiger partial charge in [0.2, 0.25) is 0 Å². The van der Waals surface area contributed by atoms with E-state index in [4.69, 9.17) is 21.1 Å². The maximum Gasteiger partial charge on any atom is 0.407 e. The van der Waals surface area contributed by atoms with E-state index in [0.29, 0.717) is 9.21 Å². The van der Waals surface area contributed by atoms with Crippen LogP contribution in [0.4, 0.5) is 4.79 Å². The van der Waals surface area contributed by atoms with Crippen LogP contribution < -0.4 is 5.32 Å². The molecule has 5 nitrogen and oxygen atoms in total. The molecule has 0 radical (unpaired) electrons. The van der Waals surface area contributed by atoms with E-state index in [-0.39, 0.29) is 13.2 Å². The minimum absolute atomic E-state index is 0.0770. The first kappa shape index (κ1) is 15.8. The van der Waals surface area contributed by atoms with Crippen LogP contribution in [0.15, 0.2) is 12.1 Å². The van der Waals surface area contributed by atoms with Crippen molar-refractivity contribution in [2.45, 2.75) is 26.4 Å². The van der Waals surface area contributed by atoms with Crippen molar-refractivity contribution in [3.05, 3.63) is 21.3 Å². The lowest BCUT2D eigenvalue weighted by Gasteiger charge is -2.19. The Kier molecular flexibility index (Phi) is 5.62. The first-order valence-electron chi connectivity index (χ1n) is 5.67. The maximum atomic E-state index is 11.5. The van der Waals surface area contributed by atoms with Crippen LogP contribution in [0.2, 0.25) is 4.34 Å². The third-order valence-electron chi connectivity index (χ3n) is 1.78. The fourth-order valence-corrected chi connectivity index (χ4v) is 2.04. The van der Waals surface area contributed by atoms with Crippen molar-refractivity contribution in [3.8, 4) is 0 Å². The summed E-state index contributed by atoms with van der Waals surface area (Å²) >= 11 is 6.85. The number of carbonyl (C=O) groups is 2. The number of ether oxygens (including phenoxy) is 2. The van der Waals surface area contributed by atoms with Crippen molar-refractivity contribution in [1.29, 1.82) is 0 Å². The third kappa shape index (κ3) is 6.45. The van der Waals surface area contributed by atoms with Crippen molar-refractivity contribution < 1.29 is 19.1 Å². The third-order valence-corrected chi connectivity index (χ3v) is 2.99. The van der Waals surface area contributed by atoms with Crippen LogP contribution in [0, 0.1) is 0 Å². The standard InChI is InChI=1S/C12H16ClNO4S/c1-12(2,3)18-11(16)14-6-7-17-10(15)8-4-5-9(13)19-8/h4-5H,6-7H2,1-3H3,(H,14,16). The van der Waals surface area contributed by atoms with Crippen LogP contribution in [-0.2, 0) is 9.47 Å². The normalized spacial score (nSPS) is 10.9. The van der Waals surface area contributed by atoms with Crippen LogP contribution in [0.1, 0.15) is 30.4 Å². The number of rotatable bonds is 4. The Bertz CT molecular complexity index is 453. The summed E-state index contributed by atoms with van der Waals surface area (Å²) in [6.45, 7) is 5.58. The van der Waals surface area contributed by atoms with Crippen LogP contribution in [-0.4, -0.2) is 30.8 Å². The minimum Gasteiger partial charge on any atom is -0.460 e. The molecule has 0 aromatic carbocycles. The zero-order valence-corrected chi connectivity index (χ0v) is 12.6. The number of hydrogen-bond donors (Lipinski definition) is 1. The number of alkyl carbamates (subject to hydrolysis) is 1. The van der Waals surface area contributed by atoms with Crippen molar-refractivity contribution in [3.63, 3.8) is 0 Å². The molecule has 1 rings (SSSR count). The zero-order chi connectivity index (χ0) is 14.5. The Morgan fingerprint density at radius 3 is 2.58 bits per heavy atom. The van der Waals surface area contributed by atoms with Crippen molar-refractivity contribution >= 4 is 35.0 Å². The molecule has 0 bridgehead atoms. The van der Waals surface area contributed by atoms with Gasteiger partial charge < -0.3 is 14.8 Å². The lowest BCUT2D eigenvalue weighted by atomic mass is 10.2. The second kappa shape index (κ2) is 6.77. The Morgan fingerprint density at radius 2 is 2.05 bits per heavy atom. The summed E-state index contributed by atoms with van der Waals surface area (Å²) in [6.07, 6.45) is -0.539. The monoisotopic (exact) mass is 305 g/mol. The molecule has 0 saturated heterocycles. The van der Waals surface area contributed by atoms with E-state index in [1.807, 2.05) is 0 Å². The van der Waals surface area contributed by atoms with E-state index in [1.165, 1.54) is 0 Å². The highest BCUT2D eigenvalue weighted by Gasteiger charge is 2.16. The molecule has 106 valence electrons. The molecule has 0 aliphatic rings. The predicted molar refractivity (Wildman–Crippen MR) is 73.8 cm³/mol. The largest absolute Gasteiger partial charge is 0.460 e. The molecule has 1 heterocycles. The van der Waals surface area contributed by atoms with Crippen LogP contribution >= 0.6 is 22.9 Å². The number of halogens is 1. The highest BCUT2D eigenvalue weighted by atomic mass is 35.5. The van der Waals surface area contributed by atoms with Gasteiger partial charge in [-0.3, -0.25) is 0 Å². The van der Waals surface area contributed by atoms with Gasteiger partial charge in [0.1, 0.15) is 17.1 Å². The molecule has 1 aromatic heterocycles. The summed E-state index contributed by atoms with van der Waals surface area (Å²) in [6, 6.07) is 3.22. The quantitative estimate of drug-likeness (QED) is 0.686. The summed E-state index contributed by atoms with van der Waals surface area (Å²) in [5, 5.41) is 2.49. The highest BCUT2D eigenvalue weighted by molar-refractivity contribution is 7.17. The van der Waals surface area contributed by atoms with Gasteiger partial charge in [0, 0.05) is 0 Å². The number of nitrogens with one attached hydrogen (secondary N) is 1. The summed E-state index contributed by atoms with van der Waals surface area (Å²) < 4.78 is 10.5.